The zero-order valence-electron chi connectivity index (χ0n) is 16.2. The molecule has 0 saturated heterocycles. The first-order valence-corrected chi connectivity index (χ1v) is 11.5. The maximum Gasteiger partial charge on any atom is 0.284 e. The SMILES string of the molecule is NS(=O)(=O)c1ccc(-c2sc(C(=O)Nc3ccc(F)cc3)nc2-c2ccc(F)cc2)cc1. The van der Waals surface area contributed by atoms with Gasteiger partial charge in [-0.25, -0.2) is 27.3 Å². The molecule has 3 N–H and O–H groups in total. The van der Waals surface area contributed by atoms with Gasteiger partial charge >= 0.3 is 0 Å². The summed E-state index contributed by atoms with van der Waals surface area (Å²) in [6.45, 7) is 0. The Bertz CT molecular complexity index is 1380. The van der Waals surface area contributed by atoms with E-state index in [0.717, 1.165) is 11.3 Å². The van der Waals surface area contributed by atoms with Crippen LogP contribution in [0.1, 0.15) is 9.80 Å². The number of carbonyl (C=O) groups excluding carboxylic acids is 1. The predicted molar refractivity (Wildman–Crippen MR) is 119 cm³/mol. The van der Waals surface area contributed by atoms with E-state index in [4.69, 9.17) is 5.14 Å². The highest BCUT2D eigenvalue weighted by Gasteiger charge is 2.20. The number of thiazole rings is 1. The monoisotopic (exact) mass is 471 g/mol. The van der Waals surface area contributed by atoms with Gasteiger partial charge in [0.2, 0.25) is 10.0 Å². The Balaban J connectivity index is 1.75. The number of aromatic nitrogens is 1. The number of nitrogens with two attached hydrogens (primary N) is 1. The number of carbonyl (C=O) groups is 1. The first-order chi connectivity index (χ1) is 15.2. The number of halogens is 2. The fourth-order valence-electron chi connectivity index (χ4n) is 2.93. The molecule has 10 heteroatoms. The molecule has 0 aliphatic heterocycles. The summed E-state index contributed by atoms with van der Waals surface area (Å²) in [6.07, 6.45) is 0. The summed E-state index contributed by atoms with van der Waals surface area (Å²) in [5, 5.41) is 7.94. The second-order valence-corrected chi connectivity index (χ2v) is 9.29. The third-order valence-electron chi connectivity index (χ3n) is 4.49. The van der Waals surface area contributed by atoms with Gasteiger partial charge in [-0.2, -0.15) is 0 Å². The largest absolute Gasteiger partial charge is 0.320 e. The number of benzene rings is 3. The number of rotatable bonds is 5. The van der Waals surface area contributed by atoms with Crippen LogP contribution in [0.2, 0.25) is 0 Å². The number of sulfonamides is 1. The molecule has 0 spiro atoms. The molecule has 1 heterocycles. The minimum atomic E-state index is -3.86. The second-order valence-electron chi connectivity index (χ2n) is 6.73. The van der Waals surface area contributed by atoms with E-state index in [1.54, 1.807) is 12.1 Å². The van der Waals surface area contributed by atoms with E-state index in [9.17, 15) is 22.0 Å². The summed E-state index contributed by atoms with van der Waals surface area (Å²) in [7, 11) is -3.86. The summed E-state index contributed by atoms with van der Waals surface area (Å²) in [6, 6.07) is 16.8. The van der Waals surface area contributed by atoms with Crippen molar-refractivity contribution in [2.24, 2.45) is 5.14 Å². The van der Waals surface area contributed by atoms with E-state index in [2.05, 4.69) is 10.3 Å². The Morgan fingerprint density at radius 2 is 1.38 bits per heavy atom. The maximum absolute atomic E-state index is 13.4. The topological polar surface area (TPSA) is 102 Å². The molecule has 3 aromatic carbocycles. The van der Waals surface area contributed by atoms with E-state index in [-0.39, 0.29) is 9.90 Å². The van der Waals surface area contributed by atoms with Crippen LogP contribution in [0, 0.1) is 11.6 Å². The minimum Gasteiger partial charge on any atom is -0.320 e. The molecule has 162 valence electrons. The van der Waals surface area contributed by atoms with Crippen LogP contribution in [0.15, 0.2) is 77.7 Å². The normalized spacial score (nSPS) is 11.3. The molecule has 0 radical (unpaired) electrons. The van der Waals surface area contributed by atoms with Gasteiger partial charge < -0.3 is 5.32 Å². The number of nitrogens with zero attached hydrogens (tertiary/aromatic N) is 1. The second kappa shape index (κ2) is 8.58. The standard InChI is InChI=1S/C22H15F2N3O3S2/c23-15-5-1-13(2-6-15)19-20(14-3-11-18(12-4-14)32(25,29)30)31-22(27-19)21(28)26-17-9-7-16(24)8-10-17/h1-12H,(H,26,28)(H2,25,29,30). The van der Waals surface area contributed by atoms with Gasteiger partial charge in [-0.1, -0.05) is 12.1 Å². The Morgan fingerprint density at radius 3 is 1.94 bits per heavy atom. The zero-order chi connectivity index (χ0) is 22.9. The van der Waals surface area contributed by atoms with Gasteiger partial charge in [-0.15, -0.1) is 11.3 Å². The Labute approximate surface area is 186 Å². The van der Waals surface area contributed by atoms with E-state index >= 15 is 0 Å². The van der Waals surface area contributed by atoms with Crippen molar-refractivity contribution in [3.63, 3.8) is 0 Å². The van der Waals surface area contributed by atoms with Gasteiger partial charge in [0, 0.05) is 11.3 Å². The third kappa shape index (κ3) is 4.72. The van der Waals surface area contributed by atoms with Crippen LogP contribution in [0.4, 0.5) is 14.5 Å². The average molecular weight is 472 g/mol. The molecule has 32 heavy (non-hydrogen) atoms. The summed E-state index contributed by atoms with van der Waals surface area (Å²) < 4.78 is 49.6. The molecule has 6 nitrogen and oxygen atoms in total. The van der Waals surface area contributed by atoms with Gasteiger partial charge in [0.25, 0.3) is 5.91 Å². The predicted octanol–water partition coefficient (Wildman–Crippen LogP) is 4.66. The van der Waals surface area contributed by atoms with Gasteiger partial charge in [-0.3, -0.25) is 4.79 Å². The van der Waals surface area contributed by atoms with E-state index in [1.165, 1.54) is 60.7 Å². The molecule has 0 fully saturated rings. The highest BCUT2D eigenvalue weighted by molar-refractivity contribution is 7.89. The summed E-state index contributed by atoms with van der Waals surface area (Å²) >= 11 is 1.08. The molecular formula is C22H15F2N3O3S2. The van der Waals surface area contributed by atoms with Crippen molar-refractivity contribution in [2.75, 3.05) is 5.32 Å². The number of primary sulfonamides is 1. The van der Waals surface area contributed by atoms with E-state index in [0.29, 0.717) is 27.4 Å². The Hall–Kier alpha value is -3.47. The molecule has 0 saturated carbocycles. The van der Waals surface area contributed by atoms with Crippen LogP contribution in [0.3, 0.4) is 0 Å². The molecule has 1 amide bonds. The van der Waals surface area contributed by atoms with Gasteiger partial charge in [0.15, 0.2) is 5.01 Å². The quantitative estimate of drug-likeness (QED) is 0.442. The summed E-state index contributed by atoms with van der Waals surface area (Å²) in [5.41, 5.74) is 2.01. The van der Waals surface area contributed by atoms with Gasteiger partial charge in [0.05, 0.1) is 15.5 Å². The van der Waals surface area contributed by atoms with Crippen molar-refractivity contribution in [3.05, 3.63) is 89.4 Å². The van der Waals surface area contributed by atoms with Gasteiger partial charge in [0.1, 0.15) is 11.6 Å². The van der Waals surface area contributed by atoms with Crippen molar-refractivity contribution < 1.29 is 22.0 Å². The number of nitrogens with one attached hydrogen (secondary N) is 1. The van der Waals surface area contributed by atoms with Crippen LogP contribution in [0.5, 0.6) is 0 Å². The van der Waals surface area contributed by atoms with Crippen LogP contribution in [-0.4, -0.2) is 19.3 Å². The first kappa shape index (κ1) is 21.8. The molecule has 1 aromatic heterocycles. The third-order valence-corrected chi connectivity index (χ3v) is 6.52. The molecule has 0 unspecified atom stereocenters. The molecular weight excluding hydrogens is 456 g/mol. The lowest BCUT2D eigenvalue weighted by molar-refractivity contribution is 0.102. The lowest BCUT2D eigenvalue weighted by Gasteiger charge is -2.04. The number of hydrogen-bond acceptors (Lipinski definition) is 5. The highest BCUT2D eigenvalue weighted by atomic mass is 32.2. The molecule has 4 rings (SSSR count). The zero-order valence-corrected chi connectivity index (χ0v) is 17.9. The first-order valence-electron chi connectivity index (χ1n) is 9.17. The fraction of sp³-hybridized carbons (Fsp3) is 0. The molecule has 0 aliphatic rings. The van der Waals surface area contributed by atoms with Crippen molar-refractivity contribution in [1.29, 1.82) is 0 Å². The van der Waals surface area contributed by atoms with Crippen molar-refractivity contribution in [3.8, 4) is 21.7 Å². The van der Waals surface area contributed by atoms with Crippen molar-refractivity contribution in [2.45, 2.75) is 4.90 Å². The van der Waals surface area contributed by atoms with Crippen LogP contribution < -0.4 is 10.5 Å². The maximum atomic E-state index is 13.4. The molecule has 0 atom stereocenters. The molecule has 0 aliphatic carbocycles. The van der Waals surface area contributed by atoms with Crippen molar-refractivity contribution in [1.82, 2.24) is 4.98 Å². The number of amides is 1. The van der Waals surface area contributed by atoms with Crippen LogP contribution >= 0.6 is 11.3 Å². The molecule has 0 bridgehead atoms. The van der Waals surface area contributed by atoms with Gasteiger partial charge in [-0.05, 0) is 66.2 Å². The van der Waals surface area contributed by atoms with E-state index in [1.807, 2.05) is 0 Å². The molecule has 4 aromatic rings. The average Bonchev–Trinajstić information content (AvgIpc) is 3.21. The number of anilines is 1. The lowest BCUT2D eigenvalue weighted by atomic mass is 10.1. The number of hydrogen-bond donors (Lipinski definition) is 2. The Morgan fingerprint density at radius 1 is 0.844 bits per heavy atom. The highest BCUT2D eigenvalue weighted by Crippen LogP contribution is 2.37. The van der Waals surface area contributed by atoms with Crippen LogP contribution in [-0.2, 0) is 10.0 Å². The lowest BCUT2D eigenvalue weighted by Crippen LogP contribution is -2.11. The fourth-order valence-corrected chi connectivity index (χ4v) is 4.43. The minimum absolute atomic E-state index is 0.0524. The van der Waals surface area contributed by atoms with E-state index < -0.39 is 27.6 Å². The van der Waals surface area contributed by atoms with Crippen LogP contribution in [0.25, 0.3) is 21.7 Å². The smallest absolute Gasteiger partial charge is 0.284 e. The Kier molecular flexibility index (Phi) is 5.83. The summed E-state index contributed by atoms with van der Waals surface area (Å²) in [4.78, 5) is 17.7. The van der Waals surface area contributed by atoms with Crippen molar-refractivity contribution >= 4 is 33.0 Å². The summed E-state index contributed by atoms with van der Waals surface area (Å²) in [5.74, 6) is -1.35.